The van der Waals surface area contributed by atoms with Crippen LogP contribution in [0.2, 0.25) is 0 Å². The van der Waals surface area contributed by atoms with Gasteiger partial charge in [-0.2, -0.15) is 11.8 Å². The second-order valence-electron chi connectivity index (χ2n) is 7.05. The van der Waals surface area contributed by atoms with E-state index < -0.39 is 5.41 Å². The van der Waals surface area contributed by atoms with Gasteiger partial charge in [0.05, 0.1) is 5.25 Å². The van der Waals surface area contributed by atoms with Crippen molar-refractivity contribution in [1.29, 1.82) is 0 Å². The lowest BCUT2D eigenvalue weighted by atomic mass is 9.74. The van der Waals surface area contributed by atoms with Gasteiger partial charge in [0.2, 0.25) is 17.7 Å². The molecule has 1 unspecified atom stereocenters. The number of carbonyl (C=O) groups excluding carboxylic acids is 3. The maximum atomic E-state index is 12.2. The van der Waals surface area contributed by atoms with E-state index in [0.717, 1.165) is 0 Å². The summed E-state index contributed by atoms with van der Waals surface area (Å²) in [6.07, 6.45) is 2.73. The largest absolute Gasteiger partial charge is 0.359 e. The van der Waals surface area contributed by atoms with Crippen LogP contribution in [0.15, 0.2) is 0 Å². The Hall–Kier alpha value is -1.04. The van der Waals surface area contributed by atoms with Gasteiger partial charge >= 0.3 is 0 Å². The Balaban J connectivity index is 0.00000232. The number of thioether (sulfide) groups is 1. The third-order valence-electron chi connectivity index (χ3n) is 3.84. The number of hydrogen-bond donors (Lipinski definition) is 1. The second kappa shape index (κ2) is 8.71. The SMILES string of the molecule is CC.CNC(=O)C(C)(C)CC(C)(C)CN1C(=O)CC(SC)C1=O. The zero-order valence-corrected chi connectivity index (χ0v) is 16.6. The average Bonchev–Trinajstić information content (AvgIpc) is 2.74. The lowest BCUT2D eigenvalue weighted by Crippen LogP contribution is -2.44. The molecule has 1 rings (SSSR count). The summed E-state index contributed by atoms with van der Waals surface area (Å²) < 4.78 is 0. The summed E-state index contributed by atoms with van der Waals surface area (Å²) in [7, 11) is 1.62. The predicted molar refractivity (Wildman–Crippen MR) is 96.2 cm³/mol. The molecule has 1 atom stereocenters. The normalized spacial score (nSPS) is 18.6. The first kappa shape index (κ1) is 22.0. The van der Waals surface area contributed by atoms with Crippen molar-refractivity contribution in [2.75, 3.05) is 19.8 Å². The van der Waals surface area contributed by atoms with E-state index in [0.29, 0.717) is 13.0 Å². The molecule has 3 amide bonds. The zero-order chi connectivity index (χ0) is 18.4. The standard InChI is InChI=1S/C15H26N2O3S.C2H6/c1-14(2,8-15(3,4)13(20)16-5)9-17-11(18)7-10(21-6)12(17)19;1-2/h10H,7-9H2,1-6H3,(H,16,20);1-2H3. The smallest absolute Gasteiger partial charge is 0.242 e. The van der Waals surface area contributed by atoms with Crippen molar-refractivity contribution < 1.29 is 14.4 Å². The van der Waals surface area contributed by atoms with Gasteiger partial charge < -0.3 is 5.32 Å². The number of carbonyl (C=O) groups is 3. The highest BCUT2D eigenvalue weighted by atomic mass is 32.2. The van der Waals surface area contributed by atoms with Crippen molar-refractivity contribution >= 4 is 29.5 Å². The summed E-state index contributed by atoms with van der Waals surface area (Å²) in [5.41, 5.74) is -0.850. The zero-order valence-electron chi connectivity index (χ0n) is 15.8. The van der Waals surface area contributed by atoms with E-state index in [1.807, 2.05) is 47.8 Å². The van der Waals surface area contributed by atoms with Gasteiger partial charge in [-0.3, -0.25) is 19.3 Å². The quantitative estimate of drug-likeness (QED) is 0.752. The van der Waals surface area contributed by atoms with Crippen LogP contribution in [0.3, 0.4) is 0 Å². The molecule has 5 nitrogen and oxygen atoms in total. The van der Waals surface area contributed by atoms with Crippen molar-refractivity contribution in [3.05, 3.63) is 0 Å². The Kier molecular flexibility index (Phi) is 8.32. The highest BCUT2D eigenvalue weighted by Crippen LogP contribution is 2.36. The lowest BCUT2D eigenvalue weighted by molar-refractivity contribution is -0.140. The topological polar surface area (TPSA) is 66.5 Å². The Morgan fingerprint density at radius 1 is 1.26 bits per heavy atom. The number of nitrogens with zero attached hydrogens (tertiary/aromatic N) is 1. The van der Waals surface area contributed by atoms with Gasteiger partial charge in [0.1, 0.15) is 0 Å². The van der Waals surface area contributed by atoms with Crippen molar-refractivity contribution in [2.45, 2.75) is 59.6 Å². The van der Waals surface area contributed by atoms with Crippen LogP contribution in [-0.4, -0.2) is 47.7 Å². The molecular weight excluding hydrogens is 312 g/mol. The number of imide groups is 1. The summed E-state index contributed by atoms with van der Waals surface area (Å²) in [6.45, 7) is 12.1. The van der Waals surface area contributed by atoms with Crippen LogP contribution in [0.4, 0.5) is 0 Å². The lowest BCUT2D eigenvalue weighted by Gasteiger charge is -2.35. The fourth-order valence-corrected chi connectivity index (χ4v) is 3.74. The molecule has 0 aromatic heterocycles. The van der Waals surface area contributed by atoms with Crippen molar-refractivity contribution in [3.63, 3.8) is 0 Å². The molecular formula is C17H32N2O3S. The third-order valence-corrected chi connectivity index (χ3v) is 4.77. The van der Waals surface area contributed by atoms with E-state index in [9.17, 15) is 14.4 Å². The second-order valence-corrected chi connectivity index (χ2v) is 8.09. The van der Waals surface area contributed by atoms with Crippen LogP contribution in [0, 0.1) is 10.8 Å². The van der Waals surface area contributed by atoms with E-state index >= 15 is 0 Å². The van der Waals surface area contributed by atoms with Crippen molar-refractivity contribution in [3.8, 4) is 0 Å². The minimum Gasteiger partial charge on any atom is -0.359 e. The van der Waals surface area contributed by atoms with Gasteiger partial charge in [0, 0.05) is 25.4 Å². The fraction of sp³-hybridized carbons (Fsp3) is 0.824. The molecule has 23 heavy (non-hydrogen) atoms. The van der Waals surface area contributed by atoms with Crippen LogP contribution >= 0.6 is 11.8 Å². The summed E-state index contributed by atoms with van der Waals surface area (Å²) in [4.78, 5) is 37.5. The van der Waals surface area contributed by atoms with Gasteiger partial charge in [-0.1, -0.05) is 41.5 Å². The highest BCUT2D eigenvalue weighted by molar-refractivity contribution is 8.00. The monoisotopic (exact) mass is 344 g/mol. The summed E-state index contributed by atoms with van der Waals surface area (Å²) in [5, 5.41) is 2.42. The average molecular weight is 345 g/mol. The molecule has 0 bridgehead atoms. The molecule has 0 saturated carbocycles. The molecule has 1 saturated heterocycles. The molecule has 0 spiro atoms. The molecule has 0 radical (unpaired) electrons. The van der Waals surface area contributed by atoms with Crippen LogP contribution in [-0.2, 0) is 14.4 Å². The molecule has 1 heterocycles. The number of amides is 3. The molecule has 1 N–H and O–H groups in total. The molecule has 134 valence electrons. The Labute approximate surface area is 144 Å². The molecule has 0 aromatic rings. The summed E-state index contributed by atoms with van der Waals surface area (Å²) in [5.74, 6) is -0.236. The van der Waals surface area contributed by atoms with Gasteiger partial charge in [-0.15, -0.1) is 0 Å². The van der Waals surface area contributed by atoms with Gasteiger partial charge in [0.15, 0.2) is 0 Å². The minimum absolute atomic E-state index is 0.0309. The Morgan fingerprint density at radius 3 is 2.17 bits per heavy atom. The van der Waals surface area contributed by atoms with Gasteiger partial charge in [-0.05, 0) is 18.1 Å². The third kappa shape index (κ3) is 5.83. The van der Waals surface area contributed by atoms with E-state index in [4.69, 9.17) is 0 Å². The highest BCUT2D eigenvalue weighted by Gasteiger charge is 2.42. The number of likely N-dealkylation sites (tertiary alicyclic amines) is 1. The number of hydrogen-bond acceptors (Lipinski definition) is 4. The van der Waals surface area contributed by atoms with Crippen LogP contribution < -0.4 is 5.32 Å². The van der Waals surface area contributed by atoms with E-state index in [2.05, 4.69) is 5.32 Å². The summed E-state index contributed by atoms with van der Waals surface area (Å²) >= 11 is 1.42. The van der Waals surface area contributed by atoms with Crippen molar-refractivity contribution in [1.82, 2.24) is 10.2 Å². The first-order valence-corrected chi connectivity index (χ1v) is 9.42. The maximum absolute atomic E-state index is 12.2. The molecule has 0 aliphatic carbocycles. The number of rotatable bonds is 6. The first-order valence-electron chi connectivity index (χ1n) is 8.13. The molecule has 1 aliphatic rings. The first-order chi connectivity index (χ1) is 10.5. The van der Waals surface area contributed by atoms with Crippen LogP contribution in [0.1, 0.15) is 54.4 Å². The van der Waals surface area contributed by atoms with Gasteiger partial charge in [0.25, 0.3) is 0 Å². The fourth-order valence-electron chi connectivity index (χ4n) is 3.10. The Morgan fingerprint density at radius 2 is 1.78 bits per heavy atom. The minimum atomic E-state index is -0.539. The molecule has 6 heteroatoms. The molecule has 1 aliphatic heterocycles. The predicted octanol–water partition coefficient (Wildman–Crippen LogP) is 2.69. The van der Waals surface area contributed by atoms with E-state index in [1.165, 1.54) is 16.7 Å². The number of nitrogens with one attached hydrogen (secondary N) is 1. The van der Waals surface area contributed by atoms with Gasteiger partial charge in [-0.25, -0.2) is 0 Å². The van der Waals surface area contributed by atoms with Crippen LogP contribution in [0.25, 0.3) is 0 Å². The maximum Gasteiger partial charge on any atom is 0.242 e. The van der Waals surface area contributed by atoms with E-state index in [-0.39, 0.29) is 34.8 Å². The van der Waals surface area contributed by atoms with Crippen LogP contribution in [0.5, 0.6) is 0 Å². The summed E-state index contributed by atoms with van der Waals surface area (Å²) in [6, 6.07) is 0. The molecule has 1 fully saturated rings. The van der Waals surface area contributed by atoms with Crippen molar-refractivity contribution in [2.24, 2.45) is 10.8 Å². The Bertz CT molecular complexity index is 447. The molecule has 0 aromatic carbocycles. The van der Waals surface area contributed by atoms with E-state index in [1.54, 1.807) is 7.05 Å².